The van der Waals surface area contributed by atoms with Crippen molar-refractivity contribution in [1.82, 2.24) is 14.7 Å². The van der Waals surface area contributed by atoms with Crippen molar-refractivity contribution in [2.24, 2.45) is 0 Å². The fraction of sp³-hybridized carbons (Fsp3) is 0.391. The van der Waals surface area contributed by atoms with Crippen LogP contribution in [-0.4, -0.2) is 79.0 Å². The molecule has 170 valence electrons. The van der Waals surface area contributed by atoms with Gasteiger partial charge in [0, 0.05) is 42.8 Å². The van der Waals surface area contributed by atoms with Crippen molar-refractivity contribution in [2.75, 3.05) is 46.4 Å². The highest BCUT2D eigenvalue weighted by molar-refractivity contribution is 6.35. The van der Waals surface area contributed by atoms with Gasteiger partial charge in [-0.05, 0) is 36.9 Å². The van der Waals surface area contributed by atoms with Gasteiger partial charge in [-0.3, -0.25) is 14.5 Å². The average Bonchev–Trinajstić information content (AvgIpc) is 2.80. The van der Waals surface area contributed by atoms with E-state index < -0.39 is 6.10 Å². The number of likely N-dealkylation sites (N-methyl/N-ethyl adjacent to an activating group) is 1. The zero-order valence-electron chi connectivity index (χ0n) is 17.8. The molecule has 0 spiro atoms. The summed E-state index contributed by atoms with van der Waals surface area (Å²) in [6.45, 7) is 2.92. The maximum atomic E-state index is 12.9. The summed E-state index contributed by atoms with van der Waals surface area (Å²) in [4.78, 5) is 31.0. The molecule has 32 heavy (non-hydrogen) atoms. The number of benzene rings is 2. The van der Waals surface area contributed by atoms with Crippen LogP contribution in [0.15, 0.2) is 42.5 Å². The fourth-order valence-corrected chi connectivity index (χ4v) is 4.32. The molecule has 2 heterocycles. The smallest absolute Gasteiger partial charge is 0.267 e. The van der Waals surface area contributed by atoms with Gasteiger partial charge in [0.05, 0.1) is 6.54 Å². The summed E-state index contributed by atoms with van der Waals surface area (Å²) in [6.07, 6.45) is -0.664. The molecule has 2 amide bonds. The molecule has 9 heteroatoms. The Kier molecular flexibility index (Phi) is 7.08. The molecule has 2 aromatic carbocycles. The van der Waals surface area contributed by atoms with Gasteiger partial charge in [-0.25, -0.2) is 0 Å². The summed E-state index contributed by atoms with van der Waals surface area (Å²) in [5.41, 5.74) is 0.915. The maximum Gasteiger partial charge on any atom is 0.267 e. The van der Waals surface area contributed by atoms with Gasteiger partial charge < -0.3 is 19.3 Å². The summed E-state index contributed by atoms with van der Waals surface area (Å²) in [5.74, 6) is 1.14. The molecule has 0 N–H and O–H groups in total. The van der Waals surface area contributed by atoms with E-state index in [-0.39, 0.29) is 25.0 Å². The predicted octanol–water partition coefficient (Wildman–Crippen LogP) is 2.94. The van der Waals surface area contributed by atoms with Crippen molar-refractivity contribution in [3.63, 3.8) is 0 Å². The number of carbonyl (C=O) groups is 2. The second kappa shape index (κ2) is 9.98. The van der Waals surface area contributed by atoms with Crippen LogP contribution < -0.4 is 9.47 Å². The summed E-state index contributed by atoms with van der Waals surface area (Å²) < 4.78 is 11.5. The van der Waals surface area contributed by atoms with Crippen molar-refractivity contribution in [1.29, 1.82) is 0 Å². The van der Waals surface area contributed by atoms with Crippen LogP contribution in [0.4, 0.5) is 0 Å². The fourth-order valence-electron chi connectivity index (χ4n) is 3.85. The van der Waals surface area contributed by atoms with Crippen molar-refractivity contribution >= 4 is 35.0 Å². The number of hydrogen-bond acceptors (Lipinski definition) is 5. The number of para-hydroxylation sites is 2. The number of rotatable bonds is 5. The number of piperazine rings is 1. The van der Waals surface area contributed by atoms with E-state index in [1.165, 1.54) is 0 Å². The third-order valence-electron chi connectivity index (χ3n) is 5.59. The number of amides is 2. The van der Waals surface area contributed by atoms with Gasteiger partial charge in [0.2, 0.25) is 12.0 Å². The molecule has 1 saturated heterocycles. The van der Waals surface area contributed by atoms with Crippen LogP contribution in [0, 0.1) is 0 Å². The molecule has 2 aliphatic rings. The molecule has 1 fully saturated rings. The van der Waals surface area contributed by atoms with E-state index in [1.54, 1.807) is 28.0 Å². The highest BCUT2D eigenvalue weighted by atomic mass is 35.5. The third-order valence-corrected chi connectivity index (χ3v) is 6.18. The minimum atomic E-state index is -0.664. The summed E-state index contributed by atoms with van der Waals surface area (Å²) in [5, 5.41) is 1.17. The third kappa shape index (κ3) is 5.28. The van der Waals surface area contributed by atoms with Crippen LogP contribution in [0.25, 0.3) is 0 Å². The van der Waals surface area contributed by atoms with Crippen molar-refractivity contribution in [2.45, 2.75) is 12.6 Å². The quantitative estimate of drug-likeness (QED) is 0.662. The van der Waals surface area contributed by atoms with Crippen molar-refractivity contribution in [3.8, 4) is 11.5 Å². The maximum absolute atomic E-state index is 12.9. The molecule has 0 bridgehead atoms. The summed E-state index contributed by atoms with van der Waals surface area (Å²) in [7, 11) is 1.88. The first-order valence-corrected chi connectivity index (χ1v) is 11.2. The molecule has 0 radical (unpaired) electrons. The Morgan fingerprint density at radius 2 is 1.72 bits per heavy atom. The number of nitrogens with zero attached hydrogens (tertiary/aromatic N) is 3. The molecule has 7 nitrogen and oxygen atoms in total. The second-order valence-electron chi connectivity index (χ2n) is 7.98. The van der Waals surface area contributed by atoms with E-state index in [0.29, 0.717) is 54.3 Å². The van der Waals surface area contributed by atoms with Gasteiger partial charge in [-0.15, -0.1) is 0 Å². The zero-order valence-corrected chi connectivity index (χ0v) is 19.3. The first kappa shape index (κ1) is 22.7. The zero-order chi connectivity index (χ0) is 22.7. The van der Waals surface area contributed by atoms with Crippen LogP contribution in [-0.2, 0) is 16.1 Å². The predicted molar refractivity (Wildman–Crippen MR) is 122 cm³/mol. The number of carbonyl (C=O) groups excluding carboxylic acids is 2. The number of hydrogen-bond donors (Lipinski definition) is 0. The molecule has 2 aromatic rings. The Morgan fingerprint density at radius 3 is 2.44 bits per heavy atom. The molecular weight excluding hydrogens is 453 g/mol. The number of halogens is 2. The Labute approximate surface area is 197 Å². The number of ether oxygens (including phenoxy) is 2. The first-order valence-electron chi connectivity index (χ1n) is 10.5. The molecule has 0 aliphatic carbocycles. The van der Waals surface area contributed by atoms with Gasteiger partial charge in [-0.2, -0.15) is 0 Å². The summed E-state index contributed by atoms with van der Waals surface area (Å²) >= 11 is 12.2. The second-order valence-corrected chi connectivity index (χ2v) is 8.82. The standard InChI is InChI=1S/C23H25Cl2N3O4/c1-26(13-16-6-7-17(24)12-18(16)25)14-22(29)27-8-10-28(11-9-27)23(30)21-15-31-19-4-2-3-5-20(19)32-21/h2-7,12,21H,8-11,13-15H2,1H3/t21-/m0/s1. The largest absolute Gasteiger partial charge is 0.485 e. The molecule has 0 aromatic heterocycles. The highest BCUT2D eigenvalue weighted by Gasteiger charge is 2.33. The van der Waals surface area contributed by atoms with E-state index >= 15 is 0 Å². The van der Waals surface area contributed by atoms with E-state index in [1.807, 2.05) is 36.2 Å². The van der Waals surface area contributed by atoms with Crippen LogP contribution in [0.2, 0.25) is 10.0 Å². The lowest BCUT2D eigenvalue weighted by Crippen LogP contribution is -2.56. The molecule has 2 aliphatic heterocycles. The minimum absolute atomic E-state index is 0.0239. The Bertz CT molecular complexity index is 995. The van der Waals surface area contributed by atoms with Crippen LogP contribution >= 0.6 is 23.2 Å². The summed E-state index contributed by atoms with van der Waals surface area (Å²) in [6, 6.07) is 12.7. The van der Waals surface area contributed by atoms with Crippen LogP contribution in [0.5, 0.6) is 11.5 Å². The van der Waals surface area contributed by atoms with E-state index in [9.17, 15) is 9.59 Å². The Hall–Kier alpha value is -2.48. The Morgan fingerprint density at radius 1 is 1.03 bits per heavy atom. The van der Waals surface area contributed by atoms with Gasteiger partial charge >= 0.3 is 0 Å². The van der Waals surface area contributed by atoms with Gasteiger partial charge in [0.25, 0.3) is 5.91 Å². The lowest BCUT2D eigenvalue weighted by molar-refractivity contribution is -0.146. The first-order chi connectivity index (χ1) is 15.4. The minimum Gasteiger partial charge on any atom is -0.485 e. The topological polar surface area (TPSA) is 62.3 Å². The monoisotopic (exact) mass is 477 g/mol. The lowest BCUT2D eigenvalue weighted by atomic mass is 10.2. The van der Waals surface area contributed by atoms with Crippen molar-refractivity contribution in [3.05, 3.63) is 58.1 Å². The molecule has 0 saturated carbocycles. The average molecular weight is 478 g/mol. The van der Waals surface area contributed by atoms with Crippen LogP contribution in [0.3, 0.4) is 0 Å². The molecule has 4 rings (SSSR count). The molecule has 0 unspecified atom stereocenters. The van der Waals surface area contributed by atoms with E-state index in [0.717, 1.165) is 5.56 Å². The van der Waals surface area contributed by atoms with Crippen LogP contribution in [0.1, 0.15) is 5.56 Å². The molecular formula is C23H25Cl2N3O4. The van der Waals surface area contributed by atoms with Gasteiger partial charge in [0.1, 0.15) is 6.61 Å². The highest BCUT2D eigenvalue weighted by Crippen LogP contribution is 2.31. The van der Waals surface area contributed by atoms with Gasteiger partial charge in [0.15, 0.2) is 11.5 Å². The van der Waals surface area contributed by atoms with Gasteiger partial charge in [-0.1, -0.05) is 41.4 Å². The lowest BCUT2D eigenvalue weighted by Gasteiger charge is -2.37. The van der Waals surface area contributed by atoms with E-state index in [4.69, 9.17) is 32.7 Å². The molecule has 1 atom stereocenters. The number of fused-ring (bicyclic) bond motifs is 1. The Balaban J connectivity index is 1.25. The van der Waals surface area contributed by atoms with Crippen molar-refractivity contribution < 1.29 is 19.1 Å². The van der Waals surface area contributed by atoms with E-state index in [2.05, 4.69) is 0 Å². The normalized spacial score (nSPS) is 18.1. The SMILES string of the molecule is CN(CC(=O)N1CCN(C(=O)[C@@H]2COc3ccccc3O2)CC1)Cc1ccc(Cl)cc1Cl.